The molecule has 1 N–H and O–H groups in total. The van der Waals surface area contributed by atoms with Crippen molar-refractivity contribution in [2.45, 2.75) is 52.4 Å². The minimum Gasteiger partial charge on any atom is -0.326 e. The Hall–Kier alpha value is -2.18. The first-order valence-electron chi connectivity index (χ1n) is 10.1. The number of carbonyl (C=O) groups excluding carboxylic acids is 1. The minimum atomic E-state index is -3.58. The summed E-state index contributed by atoms with van der Waals surface area (Å²) in [5, 5.41) is 2.96. The smallest absolute Gasteiger partial charge is 0.243 e. The highest BCUT2D eigenvalue weighted by atomic mass is 32.2. The molecule has 156 valence electrons. The van der Waals surface area contributed by atoms with Crippen LogP contribution in [0.15, 0.2) is 35.2 Å². The van der Waals surface area contributed by atoms with Gasteiger partial charge in [0.05, 0.1) is 4.90 Å². The Kier molecular flexibility index (Phi) is 6.15. The Labute approximate surface area is 174 Å². The molecule has 1 saturated heterocycles. The summed E-state index contributed by atoms with van der Waals surface area (Å²) >= 11 is 0. The molecule has 29 heavy (non-hydrogen) atoms. The number of anilines is 1. The molecule has 2 aromatic rings. The van der Waals surface area contributed by atoms with Gasteiger partial charge in [-0.25, -0.2) is 8.42 Å². The fourth-order valence-electron chi connectivity index (χ4n) is 4.02. The van der Waals surface area contributed by atoms with Gasteiger partial charge in [-0.05, 0) is 87.4 Å². The lowest BCUT2D eigenvalue weighted by Gasteiger charge is -2.31. The highest BCUT2D eigenvalue weighted by Crippen LogP contribution is 2.31. The zero-order valence-electron chi connectivity index (χ0n) is 17.9. The van der Waals surface area contributed by atoms with E-state index in [4.69, 9.17) is 0 Å². The molecule has 0 aromatic heterocycles. The van der Waals surface area contributed by atoms with E-state index in [1.807, 2.05) is 65.0 Å². The van der Waals surface area contributed by atoms with Crippen LogP contribution in [-0.4, -0.2) is 31.7 Å². The van der Waals surface area contributed by atoms with Crippen LogP contribution in [0.4, 0.5) is 5.69 Å². The summed E-state index contributed by atoms with van der Waals surface area (Å²) < 4.78 is 28.3. The molecule has 0 saturated carbocycles. The Morgan fingerprint density at radius 3 is 2.10 bits per heavy atom. The van der Waals surface area contributed by atoms with Gasteiger partial charge in [-0.15, -0.1) is 0 Å². The Morgan fingerprint density at radius 2 is 1.55 bits per heavy atom. The number of hydrogen-bond acceptors (Lipinski definition) is 3. The molecule has 0 radical (unpaired) electrons. The maximum absolute atomic E-state index is 13.4. The third kappa shape index (κ3) is 4.38. The van der Waals surface area contributed by atoms with Gasteiger partial charge in [-0.2, -0.15) is 4.31 Å². The van der Waals surface area contributed by atoms with Crippen LogP contribution in [0.25, 0.3) is 0 Å². The van der Waals surface area contributed by atoms with Crippen molar-refractivity contribution < 1.29 is 13.2 Å². The summed E-state index contributed by atoms with van der Waals surface area (Å²) in [6, 6.07) is 9.73. The number of hydrogen-bond donors (Lipinski definition) is 1. The number of piperidine rings is 1. The summed E-state index contributed by atoms with van der Waals surface area (Å²) in [5.74, 6) is -0.213. The summed E-state index contributed by atoms with van der Waals surface area (Å²) in [5.41, 5.74) is 5.47. The molecule has 1 amide bonds. The zero-order valence-corrected chi connectivity index (χ0v) is 18.7. The van der Waals surface area contributed by atoms with E-state index in [1.165, 1.54) is 4.31 Å². The van der Waals surface area contributed by atoms with Crippen molar-refractivity contribution in [3.05, 3.63) is 58.1 Å². The predicted octanol–water partition coefficient (Wildman–Crippen LogP) is 4.27. The number of aryl methyl sites for hydroxylation is 3. The predicted molar refractivity (Wildman–Crippen MR) is 117 cm³/mol. The number of rotatable bonds is 4. The Balaban J connectivity index is 1.73. The van der Waals surface area contributed by atoms with Gasteiger partial charge in [0.15, 0.2) is 0 Å². The van der Waals surface area contributed by atoms with E-state index >= 15 is 0 Å². The highest BCUT2D eigenvalue weighted by molar-refractivity contribution is 7.89. The van der Waals surface area contributed by atoms with E-state index < -0.39 is 10.0 Å². The molecule has 1 aliphatic heterocycles. The van der Waals surface area contributed by atoms with Gasteiger partial charge in [0, 0.05) is 24.7 Å². The van der Waals surface area contributed by atoms with Crippen molar-refractivity contribution in [3.8, 4) is 0 Å². The first-order valence-corrected chi connectivity index (χ1v) is 11.5. The van der Waals surface area contributed by atoms with Gasteiger partial charge >= 0.3 is 0 Å². The maximum Gasteiger partial charge on any atom is 0.243 e. The average molecular weight is 415 g/mol. The van der Waals surface area contributed by atoms with Crippen molar-refractivity contribution in [3.63, 3.8) is 0 Å². The van der Waals surface area contributed by atoms with E-state index in [0.717, 1.165) is 33.5 Å². The summed E-state index contributed by atoms with van der Waals surface area (Å²) in [4.78, 5) is 13.1. The molecule has 1 heterocycles. The summed E-state index contributed by atoms with van der Waals surface area (Å²) in [7, 11) is -3.58. The van der Waals surface area contributed by atoms with Crippen molar-refractivity contribution in [2.24, 2.45) is 5.92 Å². The summed E-state index contributed by atoms with van der Waals surface area (Å²) in [6.07, 6.45) is 1.06. The maximum atomic E-state index is 13.4. The third-order valence-corrected chi connectivity index (χ3v) is 8.18. The standard InChI is InChI=1S/C23H30N2O3S/c1-15-7-6-8-21(13-15)24-23(26)20-9-11-25(12-10-20)29(27,28)22-18(4)16(2)14-17(3)19(22)5/h6-8,13-14,20H,9-12H2,1-5H3,(H,24,26). The van der Waals surface area contributed by atoms with Gasteiger partial charge < -0.3 is 5.32 Å². The number of sulfonamides is 1. The van der Waals surface area contributed by atoms with Gasteiger partial charge in [0.1, 0.15) is 0 Å². The second-order valence-corrected chi connectivity index (χ2v) is 10.0. The molecule has 6 heteroatoms. The fourth-order valence-corrected chi connectivity index (χ4v) is 6.07. The quantitative estimate of drug-likeness (QED) is 0.812. The van der Waals surface area contributed by atoms with Crippen LogP contribution in [0.3, 0.4) is 0 Å². The normalized spacial score (nSPS) is 16.0. The van der Waals surface area contributed by atoms with Crippen molar-refractivity contribution in [2.75, 3.05) is 18.4 Å². The second-order valence-electron chi connectivity index (χ2n) is 8.13. The second kappa shape index (κ2) is 8.28. The van der Waals surface area contributed by atoms with Crippen molar-refractivity contribution >= 4 is 21.6 Å². The lowest BCUT2D eigenvalue weighted by molar-refractivity contribution is -0.120. The molecule has 3 rings (SSSR count). The molecule has 2 aromatic carbocycles. The molecule has 5 nitrogen and oxygen atoms in total. The van der Waals surface area contributed by atoms with Crippen LogP contribution in [0.1, 0.15) is 40.7 Å². The van der Waals surface area contributed by atoms with E-state index in [9.17, 15) is 13.2 Å². The summed E-state index contributed by atoms with van der Waals surface area (Å²) in [6.45, 7) is 10.3. The zero-order chi connectivity index (χ0) is 21.3. The monoisotopic (exact) mass is 414 g/mol. The van der Waals surface area contributed by atoms with E-state index in [0.29, 0.717) is 30.8 Å². The lowest BCUT2D eigenvalue weighted by atomic mass is 9.97. The number of benzene rings is 2. The van der Waals surface area contributed by atoms with Crippen LogP contribution in [0.2, 0.25) is 0 Å². The van der Waals surface area contributed by atoms with Crippen molar-refractivity contribution in [1.82, 2.24) is 4.31 Å². The van der Waals surface area contributed by atoms with E-state index in [2.05, 4.69) is 5.32 Å². The van der Waals surface area contributed by atoms with Crippen LogP contribution in [0.5, 0.6) is 0 Å². The molecule has 0 aliphatic carbocycles. The fraction of sp³-hybridized carbons (Fsp3) is 0.435. The minimum absolute atomic E-state index is 0.0357. The van der Waals surface area contributed by atoms with Gasteiger partial charge in [0.25, 0.3) is 0 Å². The molecule has 0 atom stereocenters. The molecule has 1 fully saturated rings. The van der Waals surface area contributed by atoms with Gasteiger partial charge in [-0.1, -0.05) is 18.2 Å². The Bertz CT molecular complexity index is 1010. The molecule has 0 unspecified atom stereocenters. The largest absolute Gasteiger partial charge is 0.326 e. The molecular weight excluding hydrogens is 384 g/mol. The number of nitrogens with one attached hydrogen (secondary N) is 1. The SMILES string of the molecule is Cc1cccc(NC(=O)C2CCN(S(=O)(=O)c3c(C)c(C)cc(C)c3C)CC2)c1. The van der Waals surface area contributed by atoms with Crippen molar-refractivity contribution in [1.29, 1.82) is 0 Å². The lowest BCUT2D eigenvalue weighted by Crippen LogP contribution is -2.41. The van der Waals surface area contributed by atoms with Crippen LogP contribution in [0, 0.1) is 40.5 Å². The molecule has 0 bridgehead atoms. The number of carbonyl (C=O) groups is 1. The van der Waals surface area contributed by atoms with E-state index in [1.54, 1.807) is 0 Å². The molecule has 0 spiro atoms. The number of nitrogens with zero attached hydrogens (tertiary/aromatic N) is 1. The molecule has 1 aliphatic rings. The van der Waals surface area contributed by atoms with Crippen LogP contribution >= 0.6 is 0 Å². The number of amides is 1. The Morgan fingerprint density at radius 1 is 0.966 bits per heavy atom. The van der Waals surface area contributed by atoms with E-state index in [-0.39, 0.29) is 11.8 Å². The van der Waals surface area contributed by atoms with Crippen LogP contribution in [-0.2, 0) is 14.8 Å². The molecular formula is C23H30N2O3S. The first-order chi connectivity index (χ1) is 13.6. The van der Waals surface area contributed by atoms with Gasteiger partial charge in [0.2, 0.25) is 15.9 Å². The first kappa shape index (κ1) is 21.5. The average Bonchev–Trinajstić information content (AvgIpc) is 2.66. The topological polar surface area (TPSA) is 66.5 Å². The van der Waals surface area contributed by atoms with Crippen LogP contribution < -0.4 is 5.32 Å². The van der Waals surface area contributed by atoms with Gasteiger partial charge in [-0.3, -0.25) is 4.79 Å². The third-order valence-electron chi connectivity index (χ3n) is 6.01. The highest BCUT2D eigenvalue weighted by Gasteiger charge is 2.34.